The van der Waals surface area contributed by atoms with E-state index in [9.17, 15) is 8.42 Å². The number of halogens is 2. The van der Waals surface area contributed by atoms with Gasteiger partial charge in [0.25, 0.3) is 9.05 Å². The molecule has 0 aliphatic heterocycles. The maximum absolute atomic E-state index is 11.6. The number of ether oxygens (including phenoxy) is 1. The highest BCUT2D eigenvalue weighted by Gasteiger charge is 2.18. The molecule has 5 nitrogen and oxygen atoms in total. The van der Waals surface area contributed by atoms with Crippen LogP contribution in [-0.2, 0) is 15.7 Å². The zero-order chi connectivity index (χ0) is 15.6. The van der Waals surface area contributed by atoms with Crippen molar-refractivity contribution in [2.24, 2.45) is 0 Å². The van der Waals surface area contributed by atoms with Gasteiger partial charge in [-0.1, -0.05) is 15.9 Å². The molecule has 1 heterocycles. The van der Waals surface area contributed by atoms with Gasteiger partial charge in [0.1, 0.15) is 17.3 Å². The van der Waals surface area contributed by atoms with Crippen molar-refractivity contribution in [2.45, 2.75) is 31.4 Å². The number of aromatic nitrogens is 2. The van der Waals surface area contributed by atoms with Gasteiger partial charge in [0.15, 0.2) is 0 Å². The van der Waals surface area contributed by atoms with Gasteiger partial charge in [0.05, 0.1) is 5.69 Å². The summed E-state index contributed by atoms with van der Waals surface area (Å²) < 4.78 is 31.1. The Morgan fingerprint density at radius 1 is 1.38 bits per heavy atom. The molecule has 1 aromatic heterocycles. The van der Waals surface area contributed by atoms with Crippen LogP contribution in [0, 0.1) is 0 Å². The summed E-state index contributed by atoms with van der Waals surface area (Å²) in [5.41, 5.74) is 0.713. The van der Waals surface area contributed by atoms with E-state index in [2.05, 4.69) is 21.0 Å². The number of nitrogens with zero attached hydrogens (tertiary/aromatic N) is 2. The maximum Gasteiger partial charge on any atom is 0.265 e. The molecule has 0 aliphatic carbocycles. The van der Waals surface area contributed by atoms with Gasteiger partial charge in [-0.3, -0.25) is 4.68 Å². The highest BCUT2D eigenvalue weighted by molar-refractivity contribution is 9.10. The monoisotopic (exact) mass is 392 g/mol. The molecular formula is C13H14BrClN2O3S. The minimum absolute atomic E-state index is 0.0677. The van der Waals surface area contributed by atoms with E-state index >= 15 is 0 Å². The summed E-state index contributed by atoms with van der Waals surface area (Å²) in [5.74, 6) is 0.201. The highest BCUT2D eigenvalue weighted by Crippen LogP contribution is 2.30. The van der Waals surface area contributed by atoms with Crippen molar-refractivity contribution in [1.82, 2.24) is 9.78 Å². The Bertz CT molecular complexity index is 744. The van der Waals surface area contributed by atoms with Crippen LogP contribution in [0.1, 0.15) is 25.6 Å². The van der Waals surface area contributed by atoms with Crippen LogP contribution in [0.15, 0.2) is 39.8 Å². The first-order chi connectivity index (χ1) is 9.77. The third-order valence-electron chi connectivity index (χ3n) is 2.74. The summed E-state index contributed by atoms with van der Waals surface area (Å²) in [5, 5.41) is 4.33. The van der Waals surface area contributed by atoms with Crippen LogP contribution in [0.5, 0.6) is 5.75 Å². The fourth-order valence-corrected chi connectivity index (χ4v) is 3.19. The van der Waals surface area contributed by atoms with E-state index < -0.39 is 9.05 Å². The zero-order valence-electron chi connectivity index (χ0n) is 11.5. The molecule has 8 heteroatoms. The predicted octanol–water partition coefficient (Wildman–Crippen LogP) is 3.73. The molecule has 2 aromatic rings. The molecule has 2 rings (SSSR count). The Morgan fingerprint density at radius 2 is 2.10 bits per heavy atom. The Hall–Kier alpha value is -1.05. The first kappa shape index (κ1) is 16.3. The predicted molar refractivity (Wildman–Crippen MR) is 84.1 cm³/mol. The van der Waals surface area contributed by atoms with Crippen molar-refractivity contribution in [2.75, 3.05) is 0 Å². The molecule has 0 radical (unpaired) electrons. The molecule has 0 saturated heterocycles. The van der Waals surface area contributed by atoms with Gasteiger partial charge in [-0.2, -0.15) is 5.10 Å². The minimum Gasteiger partial charge on any atom is -0.486 e. The Morgan fingerprint density at radius 3 is 2.67 bits per heavy atom. The maximum atomic E-state index is 11.6. The molecule has 0 spiro atoms. The van der Waals surface area contributed by atoms with Crippen LogP contribution >= 0.6 is 26.6 Å². The number of hydrogen-bond donors (Lipinski definition) is 0. The standard InChI is InChI=1S/C13H14BrClN2O3S/c1-9(2)17-6-5-11(16-17)8-20-12-4-3-10(14)7-13(12)21(15,18)19/h3-7,9H,8H2,1-2H3. The first-order valence-corrected chi connectivity index (χ1v) is 9.28. The summed E-state index contributed by atoms with van der Waals surface area (Å²) in [6.45, 7) is 4.20. The largest absolute Gasteiger partial charge is 0.486 e. The molecule has 0 bridgehead atoms. The summed E-state index contributed by atoms with van der Waals surface area (Å²) in [7, 11) is 1.54. The smallest absolute Gasteiger partial charge is 0.265 e. The van der Waals surface area contributed by atoms with Crippen LogP contribution in [0.25, 0.3) is 0 Å². The van der Waals surface area contributed by atoms with Gasteiger partial charge in [-0.15, -0.1) is 0 Å². The summed E-state index contributed by atoms with van der Waals surface area (Å²) in [6.07, 6.45) is 1.85. The van der Waals surface area contributed by atoms with Crippen LogP contribution in [0.4, 0.5) is 0 Å². The number of benzene rings is 1. The van der Waals surface area contributed by atoms with Crippen LogP contribution < -0.4 is 4.74 Å². The Balaban J connectivity index is 2.20. The topological polar surface area (TPSA) is 61.2 Å². The van der Waals surface area contributed by atoms with Crippen molar-refractivity contribution in [3.8, 4) is 5.75 Å². The Labute approximate surface area is 136 Å². The van der Waals surface area contributed by atoms with E-state index in [1.54, 1.807) is 16.8 Å². The third-order valence-corrected chi connectivity index (χ3v) is 4.57. The lowest BCUT2D eigenvalue weighted by molar-refractivity contribution is 0.291. The van der Waals surface area contributed by atoms with E-state index in [0.29, 0.717) is 10.2 Å². The fourth-order valence-electron chi connectivity index (χ4n) is 1.69. The lowest BCUT2D eigenvalue weighted by Gasteiger charge is -2.09. The first-order valence-electron chi connectivity index (χ1n) is 6.18. The van der Waals surface area contributed by atoms with E-state index in [1.807, 2.05) is 26.1 Å². The van der Waals surface area contributed by atoms with Gasteiger partial charge in [0, 0.05) is 27.4 Å². The molecule has 0 unspecified atom stereocenters. The summed E-state index contributed by atoms with van der Waals surface area (Å²) in [4.78, 5) is -0.0677. The highest BCUT2D eigenvalue weighted by atomic mass is 79.9. The van der Waals surface area contributed by atoms with E-state index in [0.717, 1.165) is 0 Å². The summed E-state index contributed by atoms with van der Waals surface area (Å²) >= 11 is 3.21. The summed E-state index contributed by atoms with van der Waals surface area (Å²) in [6, 6.07) is 6.73. The van der Waals surface area contributed by atoms with Crippen LogP contribution in [-0.4, -0.2) is 18.2 Å². The van der Waals surface area contributed by atoms with Crippen molar-refractivity contribution in [3.05, 3.63) is 40.6 Å². The lowest BCUT2D eigenvalue weighted by atomic mass is 10.3. The molecule has 114 valence electrons. The van der Waals surface area contributed by atoms with Crippen LogP contribution in [0.2, 0.25) is 0 Å². The normalized spacial score (nSPS) is 11.9. The van der Waals surface area contributed by atoms with Crippen molar-refractivity contribution in [1.29, 1.82) is 0 Å². The van der Waals surface area contributed by atoms with Crippen LogP contribution in [0.3, 0.4) is 0 Å². The molecule has 0 aliphatic rings. The average Bonchev–Trinajstić information content (AvgIpc) is 2.85. The second-order valence-electron chi connectivity index (χ2n) is 4.70. The van der Waals surface area contributed by atoms with Gasteiger partial charge in [0.2, 0.25) is 0 Å². The molecule has 0 saturated carbocycles. The fraction of sp³-hybridized carbons (Fsp3) is 0.308. The van der Waals surface area contributed by atoms with Gasteiger partial charge in [-0.25, -0.2) is 8.42 Å². The molecule has 0 N–H and O–H groups in total. The van der Waals surface area contributed by atoms with Gasteiger partial charge in [-0.05, 0) is 38.1 Å². The second kappa shape index (κ2) is 6.37. The molecular weight excluding hydrogens is 380 g/mol. The molecule has 1 aromatic carbocycles. The molecule has 21 heavy (non-hydrogen) atoms. The SMILES string of the molecule is CC(C)n1ccc(COc2ccc(Br)cc2S(=O)(=O)Cl)n1. The molecule has 0 atom stereocenters. The molecule has 0 amide bonds. The Kier molecular flexibility index (Phi) is 4.95. The van der Waals surface area contributed by atoms with Crippen molar-refractivity contribution >= 4 is 35.7 Å². The zero-order valence-corrected chi connectivity index (χ0v) is 14.6. The number of hydrogen-bond acceptors (Lipinski definition) is 4. The van der Waals surface area contributed by atoms with Crippen molar-refractivity contribution in [3.63, 3.8) is 0 Å². The van der Waals surface area contributed by atoms with E-state index in [1.165, 1.54) is 6.07 Å². The minimum atomic E-state index is -3.88. The lowest BCUT2D eigenvalue weighted by Crippen LogP contribution is -2.04. The van der Waals surface area contributed by atoms with Crippen molar-refractivity contribution < 1.29 is 13.2 Å². The van der Waals surface area contributed by atoms with Gasteiger partial charge < -0.3 is 4.74 Å². The third kappa shape index (κ3) is 4.21. The van der Waals surface area contributed by atoms with E-state index in [-0.39, 0.29) is 23.3 Å². The quantitative estimate of drug-likeness (QED) is 0.726. The average molecular weight is 394 g/mol. The van der Waals surface area contributed by atoms with Gasteiger partial charge >= 0.3 is 0 Å². The molecule has 0 fully saturated rings. The van der Waals surface area contributed by atoms with E-state index in [4.69, 9.17) is 15.4 Å². The number of rotatable bonds is 5. The second-order valence-corrected chi connectivity index (χ2v) is 8.15.